The van der Waals surface area contributed by atoms with Crippen molar-refractivity contribution in [1.29, 1.82) is 0 Å². The van der Waals surface area contributed by atoms with Crippen molar-refractivity contribution in [3.05, 3.63) is 59.1 Å². The monoisotopic (exact) mass is 376 g/mol. The molecule has 2 aromatic carbocycles. The summed E-state index contributed by atoms with van der Waals surface area (Å²) in [7, 11) is 3.49. The number of rotatable bonds is 9. The molecular weight excluding hydrogens is 352 g/mol. The molecule has 0 aliphatic carbocycles. The van der Waals surface area contributed by atoms with Gasteiger partial charge < -0.3 is 14.8 Å². The Bertz CT molecular complexity index is 724. The van der Waals surface area contributed by atoms with Crippen LogP contribution in [-0.2, 0) is 4.79 Å². The summed E-state index contributed by atoms with van der Waals surface area (Å²) in [6.07, 6.45) is 0. The van der Waals surface area contributed by atoms with Crippen molar-refractivity contribution in [2.45, 2.75) is 13.0 Å². The molecule has 26 heavy (non-hydrogen) atoms. The van der Waals surface area contributed by atoms with Crippen LogP contribution < -0.4 is 14.8 Å². The highest BCUT2D eigenvalue weighted by atomic mass is 35.5. The Labute approximate surface area is 159 Å². The van der Waals surface area contributed by atoms with Gasteiger partial charge in [-0.15, -0.1) is 0 Å². The Balaban J connectivity index is 1.76. The quantitative estimate of drug-likeness (QED) is 0.727. The van der Waals surface area contributed by atoms with Crippen LogP contribution in [0.4, 0.5) is 0 Å². The van der Waals surface area contributed by atoms with Crippen LogP contribution >= 0.6 is 11.6 Å². The lowest BCUT2D eigenvalue weighted by Crippen LogP contribution is -2.38. The molecule has 2 aromatic rings. The average Bonchev–Trinajstić information content (AvgIpc) is 2.62. The number of ether oxygens (including phenoxy) is 2. The van der Waals surface area contributed by atoms with Crippen molar-refractivity contribution in [3.8, 4) is 11.5 Å². The summed E-state index contributed by atoms with van der Waals surface area (Å²) in [4.78, 5) is 14.1. The van der Waals surface area contributed by atoms with E-state index >= 15 is 0 Å². The average molecular weight is 377 g/mol. The van der Waals surface area contributed by atoms with Gasteiger partial charge in [-0.1, -0.05) is 41.9 Å². The van der Waals surface area contributed by atoms with Crippen LogP contribution in [-0.4, -0.2) is 44.7 Å². The molecule has 0 spiro atoms. The zero-order valence-corrected chi connectivity index (χ0v) is 16.1. The van der Waals surface area contributed by atoms with Crippen LogP contribution in [0.15, 0.2) is 48.5 Å². The number of hydrogen-bond acceptors (Lipinski definition) is 4. The maximum absolute atomic E-state index is 12.2. The predicted octanol–water partition coefficient (Wildman–Crippen LogP) is 3.54. The molecule has 0 unspecified atom stereocenters. The number of hydrogen-bond donors (Lipinski definition) is 1. The molecule has 0 aromatic heterocycles. The molecular formula is C20H25ClN2O3. The van der Waals surface area contributed by atoms with E-state index in [4.69, 9.17) is 21.1 Å². The third kappa shape index (κ3) is 5.93. The molecule has 0 aliphatic heterocycles. The SMILES string of the molecule is COc1ccccc1OCCN(C)CC(=O)N[C@@H](C)c1ccccc1Cl. The van der Waals surface area contributed by atoms with Gasteiger partial charge in [-0.05, 0) is 37.7 Å². The van der Waals surface area contributed by atoms with Gasteiger partial charge in [-0.3, -0.25) is 9.69 Å². The topological polar surface area (TPSA) is 50.8 Å². The first kappa shape index (κ1) is 20.1. The molecule has 0 bridgehead atoms. The van der Waals surface area contributed by atoms with E-state index in [9.17, 15) is 4.79 Å². The fourth-order valence-corrected chi connectivity index (χ4v) is 2.86. The highest BCUT2D eigenvalue weighted by Gasteiger charge is 2.14. The molecule has 0 radical (unpaired) electrons. The number of carbonyl (C=O) groups excluding carboxylic acids is 1. The van der Waals surface area contributed by atoms with Crippen LogP contribution in [0.3, 0.4) is 0 Å². The summed E-state index contributed by atoms with van der Waals surface area (Å²) < 4.78 is 11.0. The molecule has 0 heterocycles. The summed E-state index contributed by atoms with van der Waals surface area (Å²) in [6.45, 7) is 3.28. The lowest BCUT2D eigenvalue weighted by atomic mass is 10.1. The number of amides is 1. The second-order valence-corrected chi connectivity index (χ2v) is 6.46. The van der Waals surface area contributed by atoms with Gasteiger partial charge in [0, 0.05) is 11.6 Å². The molecule has 0 saturated heterocycles. The number of para-hydroxylation sites is 2. The molecule has 2 rings (SSSR count). The van der Waals surface area contributed by atoms with E-state index in [0.717, 1.165) is 5.56 Å². The van der Waals surface area contributed by atoms with Crippen molar-refractivity contribution in [2.24, 2.45) is 0 Å². The highest BCUT2D eigenvalue weighted by molar-refractivity contribution is 6.31. The molecule has 5 nitrogen and oxygen atoms in total. The maximum atomic E-state index is 12.2. The first-order chi connectivity index (χ1) is 12.5. The van der Waals surface area contributed by atoms with Crippen LogP contribution in [0, 0.1) is 0 Å². The summed E-state index contributed by atoms with van der Waals surface area (Å²) in [5.41, 5.74) is 0.907. The largest absolute Gasteiger partial charge is 0.493 e. The van der Waals surface area contributed by atoms with Crippen molar-refractivity contribution < 1.29 is 14.3 Å². The van der Waals surface area contributed by atoms with Crippen LogP contribution in [0.1, 0.15) is 18.5 Å². The lowest BCUT2D eigenvalue weighted by Gasteiger charge is -2.20. The molecule has 0 aliphatic rings. The van der Waals surface area contributed by atoms with Crippen LogP contribution in [0.2, 0.25) is 5.02 Å². The minimum atomic E-state index is -0.144. The van der Waals surface area contributed by atoms with E-state index in [1.807, 2.05) is 67.4 Å². The molecule has 140 valence electrons. The minimum Gasteiger partial charge on any atom is -0.493 e. The van der Waals surface area contributed by atoms with Gasteiger partial charge in [-0.25, -0.2) is 0 Å². The van der Waals surface area contributed by atoms with Crippen molar-refractivity contribution in [1.82, 2.24) is 10.2 Å². The molecule has 0 fully saturated rings. The summed E-state index contributed by atoms with van der Waals surface area (Å²) >= 11 is 6.17. The zero-order valence-electron chi connectivity index (χ0n) is 15.4. The van der Waals surface area contributed by atoms with Gasteiger partial charge in [0.05, 0.1) is 19.7 Å². The molecule has 0 saturated carbocycles. The molecule has 1 amide bonds. The normalized spacial score (nSPS) is 11.9. The van der Waals surface area contributed by atoms with Gasteiger partial charge in [0.2, 0.25) is 5.91 Å². The van der Waals surface area contributed by atoms with E-state index < -0.39 is 0 Å². The van der Waals surface area contributed by atoms with E-state index in [1.165, 1.54) is 0 Å². The van der Waals surface area contributed by atoms with E-state index in [0.29, 0.717) is 29.7 Å². The maximum Gasteiger partial charge on any atom is 0.234 e. The molecule has 6 heteroatoms. The number of carbonyl (C=O) groups is 1. The second kappa shape index (κ2) is 10.0. The standard InChI is InChI=1S/C20H25ClN2O3/c1-15(16-8-4-5-9-17(16)21)22-20(24)14-23(2)12-13-26-19-11-7-6-10-18(19)25-3/h4-11,15H,12-14H2,1-3H3,(H,22,24)/t15-/m0/s1. The predicted molar refractivity (Wildman–Crippen MR) is 104 cm³/mol. The Kier molecular flexibility index (Phi) is 7.75. The Morgan fingerprint density at radius 1 is 1.15 bits per heavy atom. The highest BCUT2D eigenvalue weighted by Crippen LogP contribution is 2.25. The number of benzene rings is 2. The van der Waals surface area contributed by atoms with Crippen molar-refractivity contribution in [3.63, 3.8) is 0 Å². The van der Waals surface area contributed by atoms with Gasteiger partial charge >= 0.3 is 0 Å². The third-order valence-electron chi connectivity index (χ3n) is 3.96. The number of nitrogens with zero attached hydrogens (tertiary/aromatic N) is 1. The second-order valence-electron chi connectivity index (χ2n) is 6.05. The van der Waals surface area contributed by atoms with Crippen molar-refractivity contribution >= 4 is 17.5 Å². The van der Waals surface area contributed by atoms with Crippen molar-refractivity contribution in [2.75, 3.05) is 33.9 Å². The Morgan fingerprint density at radius 2 is 1.81 bits per heavy atom. The lowest BCUT2D eigenvalue weighted by molar-refractivity contribution is -0.122. The first-order valence-corrected chi connectivity index (χ1v) is 8.87. The third-order valence-corrected chi connectivity index (χ3v) is 4.31. The number of nitrogens with one attached hydrogen (secondary N) is 1. The van der Waals surface area contributed by atoms with E-state index in [-0.39, 0.29) is 18.5 Å². The minimum absolute atomic E-state index is 0.0581. The fourth-order valence-electron chi connectivity index (χ4n) is 2.56. The number of likely N-dealkylation sites (N-methyl/N-ethyl adjacent to an activating group) is 1. The van der Waals surface area contributed by atoms with E-state index in [2.05, 4.69) is 5.32 Å². The first-order valence-electron chi connectivity index (χ1n) is 8.49. The Hall–Kier alpha value is -2.24. The fraction of sp³-hybridized carbons (Fsp3) is 0.350. The van der Waals surface area contributed by atoms with Crippen LogP contribution in [0.5, 0.6) is 11.5 Å². The summed E-state index contributed by atoms with van der Waals surface area (Å²) in [6, 6.07) is 14.9. The molecule has 1 atom stereocenters. The summed E-state index contributed by atoms with van der Waals surface area (Å²) in [5, 5.41) is 3.62. The Morgan fingerprint density at radius 3 is 2.50 bits per heavy atom. The molecule has 1 N–H and O–H groups in total. The van der Waals surface area contributed by atoms with Gasteiger partial charge in [-0.2, -0.15) is 0 Å². The summed E-state index contributed by atoms with van der Waals surface area (Å²) in [5.74, 6) is 1.33. The smallest absolute Gasteiger partial charge is 0.234 e. The van der Waals surface area contributed by atoms with Gasteiger partial charge in [0.25, 0.3) is 0 Å². The number of methoxy groups -OCH3 is 1. The zero-order chi connectivity index (χ0) is 18.9. The van der Waals surface area contributed by atoms with Gasteiger partial charge in [0.15, 0.2) is 11.5 Å². The number of halogens is 1. The van der Waals surface area contributed by atoms with Crippen LogP contribution in [0.25, 0.3) is 0 Å². The van der Waals surface area contributed by atoms with E-state index in [1.54, 1.807) is 7.11 Å². The van der Waals surface area contributed by atoms with Gasteiger partial charge in [0.1, 0.15) is 6.61 Å².